The summed E-state index contributed by atoms with van der Waals surface area (Å²) in [4.78, 5) is 0. The summed E-state index contributed by atoms with van der Waals surface area (Å²) in [6.07, 6.45) is 2.06. The van der Waals surface area contributed by atoms with Crippen molar-refractivity contribution in [1.29, 1.82) is 0 Å². The van der Waals surface area contributed by atoms with E-state index in [2.05, 4.69) is 6.20 Å². The molecule has 0 heterocycles. The summed E-state index contributed by atoms with van der Waals surface area (Å²) in [6, 6.07) is 0. The average Bonchev–Trinajstić information content (AvgIpc) is 1.00. The van der Waals surface area contributed by atoms with Crippen molar-refractivity contribution in [3.63, 3.8) is 0 Å². The summed E-state index contributed by atoms with van der Waals surface area (Å²) in [5, 5.41) is 0. The van der Waals surface area contributed by atoms with Crippen LogP contribution >= 0.6 is 0 Å². The Morgan fingerprint density at radius 2 is 1.14 bits per heavy atom. The van der Waals surface area contributed by atoms with E-state index in [4.69, 9.17) is 0 Å². The van der Waals surface area contributed by atoms with Crippen LogP contribution < -0.4 is 0 Å². The van der Waals surface area contributed by atoms with Gasteiger partial charge >= 0.3 is 25.2 Å². The second-order valence-corrected chi connectivity index (χ2v) is 0. The maximum atomic E-state index is 2.06. The van der Waals surface area contributed by atoms with Crippen molar-refractivity contribution in [2.45, 2.75) is 0 Å². The Bertz CT molecular complexity index is 19.7. The molecule has 0 saturated carbocycles. The standard InChI is InChI=1S/BH2.Co.Cr.Nd.Pt.Re.Tb/h1H2;;;;;;/q+1;;;;;-1;. The Hall–Kier alpha value is 5.09. The van der Waals surface area contributed by atoms with E-state index in [0.29, 0.717) is 0 Å². The molecule has 0 rings (SSSR count). The van der Waals surface area contributed by atoms with Crippen LogP contribution in [0.15, 0.2) is 0 Å². The molecule has 0 aromatic carbocycles. The van der Waals surface area contributed by atoms with E-state index in [9.17, 15) is 0 Å². The van der Waals surface area contributed by atoms with Gasteiger partial charge in [0.25, 0.3) is 0 Å². The minimum Gasteiger partial charge on any atom is 0 e. The zero-order chi connectivity index (χ0) is 2.00. The van der Waals surface area contributed by atoms with Gasteiger partial charge in [0, 0.05) is 135 Å². The molecule has 0 aromatic heterocycles. The molecule has 2 radical (unpaired) electrons. The van der Waals surface area contributed by atoms with Crippen molar-refractivity contribution in [3.8, 4) is 0 Å². The van der Waals surface area contributed by atoms with Crippen LogP contribution in [0.1, 0.15) is 0 Å². The van der Waals surface area contributed by atoms with Gasteiger partial charge < -0.3 is 0 Å². The van der Waals surface area contributed by atoms with Crippen LogP contribution in [0.2, 0.25) is 0 Å². The molecule has 0 nitrogen and oxygen atoms in total. The van der Waals surface area contributed by atoms with E-state index >= 15 is 0 Å². The Labute approximate surface area is 155 Å². The van der Waals surface area contributed by atoms with E-state index in [1.807, 2.05) is 0 Å². The molecule has 0 spiro atoms. The predicted octanol–water partition coefficient (Wildman–Crippen LogP) is -0.926. The second-order valence-electron chi connectivity index (χ2n) is 0. The molecule has 0 aliphatic carbocycles. The minimum atomic E-state index is 0. The molecule has 0 saturated heterocycles. The number of hydrogen-bond acceptors (Lipinski definition) is 0. The largest absolute Gasteiger partial charge is 0 e. The number of hydrogen-bond donors (Lipinski definition) is 0. The first-order chi connectivity index (χ1) is 1.00. The van der Waals surface area contributed by atoms with E-state index in [1.165, 1.54) is 0 Å². The Kier molecular flexibility index (Phi) is 250. The fourth-order valence-electron chi connectivity index (χ4n) is 0. The molecule has 0 fully saturated rings. The third-order valence-electron chi connectivity index (χ3n) is 0. The van der Waals surface area contributed by atoms with Crippen LogP contribution in [0.4, 0.5) is 0 Å². The van der Waals surface area contributed by atoms with Gasteiger partial charge in [-0.05, 0) is 0 Å². The Morgan fingerprint density at radius 3 is 1.14 bits per heavy atom. The van der Waals surface area contributed by atoms with Gasteiger partial charge in [-0.1, -0.05) is 0 Å². The molecule has 0 N–H and O–H groups in total. The SMILES string of the molecule is [BH2][Re].[Co].[Cr].[Nd].[Pt].[Tb]. The Balaban J connectivity index is -0.000000000500. The summed E-state index contributed by atoms with van der Waals surface area (Å²) < 4.78 is 0. The first kappa shape index (κ1) is 40.1. The van der Waals surface area contributed by atoms with Crippen molar-refractivity contribution >= 4 is 6.20 Å². The van der Waals surface area contributed by atoms with Crippen molar-refractivity contribution in [2.75, 3.05) is 0 Å². The van der Waals surface area contributed by atoms with E-state index in [1.54, 1.807) is 19.0 Å². The van der Waals surface area contributed by atoms with Gasteiger partial charge in [0.2, 0.25) is 0 Å². The first-order valence-electron chi connectivity index (χ1n) is 0.378. The third-order valence-corrected chi connectivity index (χ3v) is 0. The van der Waals surface area contributed by atoms with Crippen LogP contribution in [0.3, 0.4) is 0 Å². The smallest absolute Gasteiger partial charge is 0 e. The number of rotatable bonds is 0. The summed E-state index contributed by atoms with van der Waals surface area (Å²) in [6.45, 7) is 0. The fraction of sp³-hybridized carbons (Fsp3) is 0. The zero-order valence-corrected chi connectivity index (χ0v) is 15.9. The molecular weight excluding hydrogens is 806 g/mol. The van der Waals surface area contributed by atoms with Gasteiger partial charge in [0.05, 0.1) is 0 Å². The molecule has 7 heteroatoms. The fourth-order valence-corrected chi connectivity index (χ4v) is 0. The molecule has 0 amide bonds. The van der Waals surface area contributed by atoms with Gasteiger partial charge in [0.1, 0.15) is 0 Å². The maximum absolute atomic E-state index is 2.06. The van der Waals surface area contributed by atoms with Gasteiger partial charge in [-0.2, -0.15) is 0 Å². The summed E-state index contributed by atoms with van der Waals surface area (Å²) in [7, 11) is 0. The quantitative estimate of drug-likeness (QED) is 0.278. The van der Waals surface area contributed by atoms with Crippen molar-refractivity contribution in [3.05, 3.63) is 0 Å². The van der Waals surface area contributed by atoms with Crippen molar-refractivity contribution in [1.82, 2.24) is 0 Å². The van der Waals surface area contributed by atoms with E-state index in [0.717, 1.165) is 0 Å². The summed E-state index contributed by atoms with van der Waals surface area (Å²) >= 11 is 1.72. The molecule has 0 unspecified atom stereocenters. The van der Waals surface area contributed by atoms with Crippen LogP contribution in [0.5, 0.6) is 0 Å². The van der Waals surface area contributed by atoms with Gasteiger partial charge in [0.15, 0.2) is 0 Å². The van der Waals surface area contributed by atoms with Crippen molar-refractivity contribution in [2.24, 2.45) is 0 Å². The molecule has 0 atom stereocenters. The molecular formula is H2BCoCrNdPtReTb. The van der Waals surface area contributed by atoms with Crippen LogP contribution in [-0.2, 0) is 74.2 Å². The summed E-state index contributed by atoms with van der Waals surface area (Å²) in [5.41, 5.74) is 0. The van der Waals surface area contributed by atoms with E-state index < -0.39 is 0 Å². The molecule has 0 bridgehead atoms. The van der Waals surface area contributed by atoms with E-state index in [-0.39, 0.29) is 135 Å². The molecule has 50 valence electrons. The average molecular weight is 808 g/mol. The molecule has 7 heavy (non-hydrogen) atoms. The normalized spacial score (nSPS) is 0.714. The zero-order valence-electron chi connectivity index (χ0n) is 3.27. The molecule has 0 aliphatic rings. The van der Waals surface area contributed by atoms with Gasteiger partial charge in [-0.15, -0.1) is 0 Å². The van der Waals surface area contributed by atoms with Crippen molar-refractivity contribution < 1.29 is 154 Å². The Morgan fingerprint density at radius 1 is 1.14 bits per heavy atom. The minimum absolute atomic E-state index is 0. The van der Waals surface area contributed by atoms with Crippen LogP contribution in [0, 0.1) is 79.5 Å². The summed E-state index contributed by atoms with van der Waals surface area (Å²) in [5.74, 6) is 0. The van der Waals surface area contributed by atoms with Gasteiger partial charge in [-0.25, -0.2) is 0 Å². The maximum Gasteiger partial charge on any atom is 0 e. The van der Waals surface area contributed by atoms with Crippen LogP contribution in [-0.4, -0.2) is 6.20 Å². The molecule has 0 aliphatic heterocycles. The van der Waals surface area contributed by atoms with Crippen LogP contribution in [0.25, 0.3) is 0 Å². The second kappa shape index (κ2) is 43.6. The molecule has 0 aromatic rings. The topological polar surface area (TPSA) is 0 Å². The predicted molar refractivity (Wildman–Crippen MR) is 8.54 cm³/mol. The third kappa shape index (κ3) is 35.4. The first-order valence-corrected chi connectivity index (χ1v) is 3.09. The van der Waals surface area contributed by atoms with Gasteiger partial charge in [-0.3, -0.25) is 0 Å². The monoisotopic (exact) mass is 807 g/mol.